The van der Waals surface area contributed by atoms with Crippen LogP contribution in [-0.2, 0) is 9.59 Å². The van der Waals surface area contributed by atoms with Gasteiger partial charge in [0.25, 0.3) is 0 Å². The van der Waals surface area contributed by atoms with E-state index in [4.69, 9.17) is 7.85 Å². The molecule has 3 heteroatoms. The second-order valence-corrected chi connectivity index (χ2v) is 5.75. The molecule has 0 aliphatic heterocycles. The number of Topliss-reactive ketones (excluding diaryl/α,β-unsaturated/α-hetero) is 1. The maximum atomic E-state index is 11.4. The van der Waals surface area contributed by atoms with Crippen LogP contribution in [0.3, 0.4) is 0 Å². The summed E-state index contributed by atoms with van der Waals surface area (Å²) in [4.78, 5) is 22.1. The largest absolute Gasteiger partial charge is 0.313 e. The quantitative estimate of drug-likeness (QED) is 0.628. The third kappa shape index (κ3) is 5.76. The Bertz CT molecular complexity index is 254. The van der Waals surface area contributed by atoms with Gasteiger partial charge in [0.15, 0.2) is 7.85 Å². The predicted molar refractivity (Wildman–Crippen MR) is 62.9 cm³/mol. The zero-order valence-electron chi connectivity index (χ0n) is 10.5. The molecular formula is C12H21BO2. The Kier molecular flexibility index (Phi) is 4.76. The first-order chi connectivity index (χ1) is 6.57. The molecule has 0 fully saturated rings. The van der Waals surface area contributed by atoms with Crippen molar-refractivity contribution in [2.75, 3.05) is 0 Å². The molecule has 0 unspecified atom stereocenters. The van der Waals surface area contributed by atoms with Crippen molar-refractivity contribution in [3.8, 4) is 0 Å². The molecule has 15 heavy (non-hydrogen) atoms. The molecule has 2 nitrogen and oxygen atoms in total. The van der Waals surface area contributed by atoms with Crippen LogP contribution in [0.15, 0.2) is 0 Å². The normalized spacial score (nSPS) is 12.6. The summed E-state index contributed by atoms with van der Waals surface area (Å²) in [5.41, 5.74) is -0.616. The molecule has 0 aromatic rings. The Morgan fingerprint density at radius 2 is 1.60 bits per heavy atom. The van der Waals surface area contributed by atoms with Gasteiger partial charge in [-0.3, -0.25) is 4.79 Å². The topological polar surface area (TPSA) is 34.1 Å². The van der Waals surface area contributed by atoms with E-state index >= 15 is 0 Å². The van der Waals surface area contributed by atoms with Gasteiger partial charge < -0.3 is 4.79 Å². The lowest BCUT2D eigenvalue weighted by Crippen LogP contribution is -2.29. The highest BCUT2D eigenvalue weighted by atomic mass is 16.1. The van der Waals surface area contributed by atoms with Crippen molar-refractivity contribution < 1.29 is 9.59 Å². The van der Waals surface area contributed by atoms with Gasteiger partial charge in [-0.15, -0.1) is 0 Å². The van der Waals surface area contributed by atoms with Gasteiger partial charge in [0.1, 0.15) is 5.78 Å². The van der Waals surface area contributed by atoms with Gasteiger partial charge >= 0.3 is 0 Å². The molecule has 0 bridgehead atoms. The molecule has 0 N–H and O–H groups in total. The van der Waals surface area contributed by atoms with Gasteiger partial charge in [0.2, 0.25) is 0 Å². The maximum absolute atomic E-state index is 11.4. The molecule has 84 valence electrons. The molecule has 0 amide bonds. The number of carbonyl (C=O) groups excluding carboxylic acids is 2. The van der Waals surface area contributed by atoms with Crippen molar-refractivity contribution in [3.63, 3.8) is 0 Å². The third-order valence-electron chi connectivity index (χ3n) is 2.92. The molecule has 0 heterocycles. The molecule has 0 saturated carbocycles. The maximum Gasteiger partial charge on any atom is 0.167 e. The van der Waals surface area contributed by atoms with Gasteiger partial charge in [0.05, 0.1) is 5.68 Å². The van der Waals surface area contributed by atoms with Gasteiger partial charge in [-0.05, 0) is 31.6 Å². The summed E-state index contributed by atoms with van der Waals surface area (Å²) in [6, 6.07) is 0. The Hall–Kier alpha value is -0.595. The molecule has 0 saturated heterocycles. The number of hydrogen-bond donors (Lipinski definition) is 0. The summed E-state index contributed by atoms with van der Waals surface area (Å²) in [5, 5.41) is 0. The fourth-order valence-corrected chi connectivity index (χ4v) is 1.87. The van der Waals surface area contributed by atoms with Crippen molar-refractivity contribution in [2.24, 2.45) is 10.8 Å². The van der Waals surface area contributed by atoms with E-state index in [1.54, 1.807) is 6.92 Å². The van der Waals surface area contributed by atoms with Crippen molar-refractivity contribution in [2.45, 2.75) is 53.9 Å². The van der Waals surface area contributed by atoms with Crippen LogP contribution in [0.2, 0.25) is 0 Å². The van der Waals surface area contributed by atoms with Gasteiger partial charge in [-0.25, -0.2) is 0 Å². The summed E-state index contributed by atoms with van der Waals surface area (Å²) in [6.07, 6.45) is 1.91. The average molecular weight is 208 g/mol. The van der Waals surface area contributed by atoms with Crippen LogP contribution in [0, 0.1) is 10.8 Å². The second kappa shape index (κ2) is 4.95. The lowest BCUT2D eigenvalue weighted by Gasteiger charge is -2.33. The van der Waals surface area contributed by atoms with E-state index in [0.29, 0.717) is 6.42 Å². The number of hydrogen-bond acceptors (Lipinski definition) is 2. The van der Waals surface area contributed by atoms with E-state index in [2.05, 4.69) is 13.8 Å². The zero-order chi connectivity index (χ0) is 12.3. The van der Waals surface area contributed by atoms with E-state index in [-0.39, 0.29) is 22.3 Å². The van der Waals surface area contributed by atoms with Gasteiger partial charge in [-0.2, -0.15) is 0 Å². The van der Waals surface area contributed by atoms with Crippen LogP contribution in [0.25, 0.3) is 0 Å². The van der Waals surface area contributed by atoms with E-state index in [1.165, 1.54) is 0 Å². The molecule has 0 aliphatic rings. The highest BCUT2D eigenvalue weighted by Gasteiger charge is 2.31. The predicted octanol–water partition coefficient (Wildman–Crippen LogP) is 2.49. The monoisotopic (exact) mass is 208 g/mol. The minimum atomic E-state index is -0.318. The lowest BCUT2D eigenvalue weighted by molar-refractivity contribution is -0.126. The SMILES string of the molecule is [B]C(=O)CCC(C)(C)CC(C)(C)C(C)=O. The van der Waals surface area contributed by atoms with Crippen LogP contribution in [0.1, 0.15) is 53.9 Å². The minimum absolute atomic E-state index is 0.0236. The lowest BCUT2D eigenvalue weighted by atomic mass is 9.70. The van der Waals surface area contributed by atoms with Crippen LogP contribution < -0.4 is 0 Å². The van der Waals surface area contributed by atoms with E-state index in [9.17, 15) is 9.59 Å². The fraction of sp³-hybridized carbons (Fsp3) is 0.833. The highest BCUT2D eigenvalue weighted by Crippen LogP contribution is 2.37. The Labute approximate surface area is 94.2 Å². The van der Waals surface area contributed by atoms with Crippen LogP contribution in [0.4, 0.5) is 0 Å². The Balaban J connectivity index is 4.36. The number of carbonyl (C=O) groups is 2. The smallest absolute Gasteiger partial charge is 0.167 e. The summed E-state index contributed by atoms with van der Waals surface area (Å²) < 4.78 is 0. The Morgan fingerprint density at radius 1 is 1.13 bits per heavy atom. The molecule has 0 atom stereocenters. The summed E-state index contributed by atoms with van der Waals surface area (Å²) in [5.74, 6) is 0.189. The van der Waals surface area contributed by atoms with E-state index in [1.807, 2.05) is 13.8 Å². The van der Waals surface area contributed by atoms with Gasteiger partial charge in [0, 0.05) is 5.41 Å². The first kappa shape index (κ1) is 14.4. The molecule has 0 rings (SSSR count). The van der Waals surface area contributed by atoms with Crippen LogP contribution >= 0.6 is 0 Å². The fourth-order valence-electron chi connectivity index (χ4n) is 1.87. The van der Waals surface area contributed by atoms with Crippen molar-refractivity contribution in [1.82, 2.24) is 0 Å². The second-order valence-electron chi connectivity index (χ2n) is 5.75. The van der Waals surface area contributed by atoms with E-state index < -0.39 is 0 Å². The summed E-state index contributed by atoms with van der Waals surface area (Å²) in [6.45, 7) is 9.65. The van der Waals surface area contributed by atoms with Crippen molar-refractivity contribution >= 4 is 19.3 Å². The average Bonchev–Trinajstić information content (AvgIpc) is 1.99. The van der Waals surface area contributed by atoms with Crippen LogP contribution in [-0.4, -0.2) is 19.3 Å². The molecular weight excluding hydrogens is 187 g/mol. The molecule has 0 aromatic heterocycles. The van der Waals surface area contributed by atoms with Crippen molar-refractivity contribution in [1.29, 1.82) is 0 Å². The van der Waals surface area contributed by atoms with Crippen molar-refractivity contribution in [3.05, 3.63) is 0 Å². The Morgan fingerprint density at radius 3 is 1.93 bits per heavy atom. The third-order valence-corrected chi connectivity index (χ3v) is 2.92. The molecule has 0 aliphatic carbocycles. The van der Waals surface area contributed by atoms with Gasteiger partial charge in [-0.1, -0.05) is 27.7 Å². The summed E-state index contributed by atoms with van der Waals surface area (Å²) in [7, 11) is 5.12. The standard InChI is InChI=1S/C12H21BO2/c1-9(14)12(4,5)8-11(2,3)7-6-10(13)15/h6-8H2,1-5H3. The molecule has 2 radical (unpaired) electrons. The van der Waals surface area contributed by atoms with E-state index in [0.717, 1.165) is 12.8 Å². The summed E-state index contributed by atoms with van der Waals surface area (Å²) >= 11 is 0. The van der Waals surface area contributed by atoms with Crippen LogP contribution in [0.5, 0.6) is 0 Å². The highest BCUT2D eigenvalue weighted by molar-refractivity contribution is 6.57. The first-order valence-electron chi connectivity index (χ1n) is 5.36. The minimum Gasteiger partial charge on any atom is -0.313 e. The number of ketones is 1. The zero-order valence-corrected chi connectivity index (χ0v) is 10.5. The molecule has 0 aromatic carbocycles. The molecule has 0 spiro atoms. The number of rotatable bonds is 6. The first-order valence-corrected chi connectivity index (χ1v) is 5.36.